The molecule has 4 heteroatoms. The molecule has 0 atom stereocenters. The zero-order chi connectivity index (χ0) is 15.9. The van der Waals surface area contributed by atoms with Crippen LogP contribution in [-0.2, 0) is 0 Å². The van der Waals surface area contributed by atoms with Crippen LogP contribution in [0.1, 0.15) is 25.7 Å². The Kier molecular flexibility index (Phi) is 3.01. The number of hydrogen-bond donors (Lipinski definition) is 0. The highest BCUT2D eigenvalue weighted by Crippen LogP contribution is 2.25. The summed E-state index contributed by atoms with van der Waals surface area (Å²) in [6, 6.07) is 0. The minimum absolute atomic E-state index is 0.932. The summed E-state index contributed by atoms with van der Waals surface area (Å²) in [4.78, 5) is 18.8. The Labute approximate surface area is 140 Å². The van der Waals surface area contributed by atoms with Gasteiger partial charge in [-0.05, 0) is 74.3 Å². The summed E-state index contributed by atoms with van der Waals surface area (Å²) in [5, 5.41) is 0. The summed E-state index contributed by atoms with van der Waals surface area (Å²) in [5.74, 6) is 0. The lowest BCUT2D eigenvalue weighted by Crippen LogP contribution is -1.88. The Morgan fingerprint density at radius 1 is 0.500 bits per heavy atom. The Morgan fingerprint density at radius 2 is 1.08 bits per heavy atom. The van der Waals surface area contributed by atoms with Gasteiger partial charge in [-0.3, -0.25) is 9.98 Å². The Morgan fingerprint density at radius 3 is 1.83 bits per heavy atom. The quantitative estimate of drug-likeness (QED) is 0.648. The van der Waals surface area contributed by atoms with Crippen LogP contribution in [0.5, 0.6) is 0 Å². The third-order valence-corrected chi connectivity index (χ3v) is 4.47. The molecule has 116 valence electrons. The van der Waals surface area contributed by atoms with Gasteiger partial charge in [0.1, 0.15) is 0 Å². The molecule has 0 aromatic carbocycles. The lowest BCUT2D eigenvalue weighted by atomic mass is 10.1. The molecule has 0 spiro atoms. The van der Waals surface area contributed by atoms with Crippen LogP contribution in [0, 0.1) is 0 Å². The van der Waals surface area contributed by atoms with E-state index in [0.717, 1.165) is 71.3 Å². The molecule has 5 heterocycles. The van der Waals surface area contributed by atoms with Gasteiger partial charge in [0.05, 0.1) is 22.8 Å². The summed E-state index contributed by atoms with van der Waals surface area (Å²) in [7, 11) is 0. The van der Waals surface area contributed by atoms with Crippen LogP contribution >= 0.6 is 0 Å². The van der Waals surface area contributed by atoms with E-state index in [4.69, 9.17) is 9.98 Å². The number of aliphatic imine (C=N–C) groups is 4. The molecule has 0 unspecified atom stereocenters. The second-order valence-electron chi connectivity index (χ2n) is 6.36. The summed E-state index contributed by atoms with van der Waals surface area (Å²) >= 11 is 0. The van der Waals surface area contributed by atoms with Gasteiger partial charge in [0, 0.05) is 22.8 Å². The molecule has 5 aliphatic rings. The van der Waals surface area contributed by atoms with Crippen molar-refractivity contribution in [2.75, 3.05) is 0 Å². The maximum absolute atomic E-state index is 4.74. The maximum Gasteiger partial charge on any atom is 0.0659 e. The smallest absolute Gasteiger partial charge is 0.0659 e. The van der Waals surface area contributed by atoms with E-state index < -0.39 is 0 Å². The number of fused-ring (bicyclic) bond motifs is 4. The molecule has 0 saturated carbocycles. The molecular formula is C20H16N4. The third kappa shape index (κ3) is 2.60. The Hall–Kier alpha value is -2.88. The molecule has 0 fully saturated rings. The molecule has 0 aromatic heterocycles. The number of hydrogen-bond acceptors (Lipinski definition) is 4. The van der Waals surface area contributed by atoms with E-state index in [1.165, 1.54) is 0 Å². The van der Waals surface area contributed by atoms with E-state index in [2.05, 4.69) is 28.2 Å². The van der Waals surface area contributed by atoms with Crippen LogP contribution in [-0.4, -0.2) is 22.8 Å². The minimum atomic E-state index is 0.932. The molecular weight excluding hydrogens is 296 g/mol. The van der Waals surface area contributed by atoms with E-state index in [1.54, 1.807) is 0 Å². The van der Waals surface area contributed by atoms with Crippen molar-refractivity contribution in [1.82, 2.24) is 0 Å². The predicted octanol–water partition coefficient (Wildman–Crippen LogP) is 4.03. The molecule has 0 radical (unpaired) electrons. The fourth-order valence-corrected chi connectivity index (χ4v) is 3.32. The van der Waals surface area contributed by atoms with Gasteiger partial charge < -0.3 is 0 Å². The molecule has 0 aliphatic carbocycles. The van der Waals surface area contributed by atoms with Crippen LogP contribution in [0.15, 0.2) is 91.4 Å². The lowest BCUT2D eigenvalue weighted by Gasteiger charge is -1.93. The van der Waals surface area contributed by atoms with E-state index >= 15 is 0 Å². The largest absolute Gasteiger partial charge is 0.258 e. The molecule has 0 saturated heterocycles. The van der Waals surface area contributed by atoms with E-state index in [1.807, 2.05) is 30.4 Å². The van der Waals surface area contributed by atoms with Gasteiger partial charge in [0.15, 0.2) is 0 Å². The number of nitrogens with zero attached hydrogens (tertiary/aromatic N) is 4. The fourth-order valence-electron chi connectivity index (χ4n) is 3.32. The summed E-state index contributed by atoms with van der Waals surface area (Å²) < 4.78 is 0. The molecule has 0 N–H and O–H groups in total. The van der Waals surface area contributed by atoms with Crippen LogP contribution in [0.4, 0.5) is 0 Å². The molecule has 0 amide bonds. The average molecular weight is 312 g/mol. The SMILES string of the molecule is C1=CC2=NC1=CC1=NC(=CC3=NC(=CC4=NC(=C2)C=C4)CC3)CC1. The van der Waals surface area contributed by atoms with Crippen molar-refractivity contribution < 1.29 is 0 Å². The third-order valence-electron chi connectivity index (χ3n) is 4.47. The maximum atomic E-state index is 4.74. The summed E-state index contributed by atoms with van der Waals surface area (Å²) in [6.45, 7) is 0. The van der Waals surface area contributed by atoms with Crippen LogP contribution in [0.25, 0.3) is 0 Å². The first-order valence-electron chi connectivity index (χ1n) is 8.33. The van der Waals surface area contributed by atoms with Gasteiger partial charge >= 0.3 is 0 Å². The van der Waals surface area contributed by atoms with Gasteiger partial charge in [-0.25, -0.2) is 9.98 Å². The van der Waals surface area contributed by atoms with Crippen molar-refractivity contribution in [2.45, 2.75) is 25.7 Å². The van der Waals surface area contributed by atoms with E-state index in [0.29, 0.717) is 0 Å². The molecule has 24 heavy (non-hydrogen) atoms. The molecule has 5 rings (SSSR count). The zero-order valence-electron chi connectivity index (χ0n) is 13.2. The van der Waals surface area contributed by atoms with Crippen molar-refractivity contribution in [3.8, 4) is 0 Å². The first-order valence-corrected chi connectivity index (χ1v) is 8.33. The number of allylic oxidation sites excluding steroid dienone is 10. The van der Waals surface area contributed by atoms with Crippen molar-refractivity contribution >= 4 is 22.8 Å². The van der Waals surface area contributed by atoms with Gasteiger partial charge in [-0.1, -0.05) is 0 Å². The highest BCUT2D eigenvalue weighted by Gasteiger charge is 2.16. The molecule has 5 aliphatic heterocycles. The molecule has 8 bridgehead atoms. The van der Waals surface area contributed by atoms with Gasteiger partial charge in [0.25, 0.3) is 0 Å². The van der Waals surface area contributed by atoms with Gasteiger partial charge in [-0.2, -0.15) is 0 Å². The van der Waals surface area contributed by atoms with Crippen molar-refractivity contribution in [3.63, 3.8) is 0 Å². The first-order chi connectivity index (χ1) is 11.8. The predicted molar refractivity (Wildman–Crippen MR) is 98.8 cm³/mol. The fraction of sp³-hybridized carbons (Fsp3) is 0.200. The second kappa shape index (κ2) is 5.34. The van der Waals surface area contributed by atoms with Crippen LogP contribution < -0.4 is 0 Å². The summed E-state index contributed by atoms with van der Waals surface area (Å²) in [6.07, 6.45) is 20.3. The average Bonchev–Trinajstić information content (AvgIpc) is 3.32. The highest BCUT2D eigenvalue weighted by atomic mass is 14.8. The number of rotatable bonds is 0. The summed E-state index contributed by atoms with van der Waals surface area (Å²) in [5.41, 5.74) is 8.23. The van der Waals surface area contributed by atoms with Crippen molar-refractivity contribution in [3.05, 3.63) is 71.4 Å². The van der Waals surface area contributed by atoms with Crippen LogP contribution in [0.2, 0.25) is 0 Å². The topological polar surface area (TPSA) is 49.4 Å². The monoisotopic (exact) mass is 312 g/mol. The second-order valence-corrected chi connectivity index (χ2v) is 6.36. The standard InChI is InChI=1S/C20H16N4/c1-2-14-10-16-5-6-18(23-16)12-20-8-7-19(24-20)11-17-4-3-15(22-17)9-13(1)21-14/h1-4,9-12H,5-8H2. The van der Waals surface area contributed by atoms with E-state index in [-0.39, 0.29) is 0 Å². The Bertz CT molecular complexity index is 940. The highest BCUT2D eigenvalue weighted by molar-refractivity contribution is 6.12. The van der Waals surface area contributed by atoms with Crippen molar-refractivity contribution in [2.24, 2.45) is 20.0 Å². The van der Waals surface area contributed by atoms with Crippen LogP contribution in [0.3, 0.4) is 0 Å². The van der Waals surface area contributed by atoms with E-state index in [9.17, 15) is 0 Å². The van der Waals surface area contributed by atoms with Crippen molar-refractivity contribution in [1.29, 1.82) is 0 Å². The minimum Gasteiger partial charge on any atom is -0.258 e. The zero-order valence-corrected chi connectivity index (χ0v) is 13.2. The molecule has 4 nitrogen and oxygen atoms in total. The first kappa shape index (κ1) is 13.5. The Balaban J connectivity index is 1.62. The van der Waals surface area contributed by atoms with Gasteiger partial charge in [0.2, 0.25) is 0 Å². The normalized spacial score (nSPS) is 24.0. The molecule has 0 aromatic rings. The lowest BCUT2D eigenvalue weighted by molar-refractivity contribution is 1.06. The van der Waals surface area contributed by atoms with Gasteiger partial charge in [-0.15, -0.1) is 0 Å².